The summed E-state index contributed by atoms with van der Waals surface area (Å²) in [5.41, 5.74) is 22.8. The van der Waals surface area contributed by atoms with Crippen molar-refractivity contribution in [2.45, 2.75) is 60.8 Å². The van der Waals surface area contributed by atoms with Crippen LogP contribution < -0.4 is 0 Å². The molecular weight excluding hydrogens is 1170 g/mol. The maximum atomic E-state index is 14.2. The summed E-state index contributed by atoms with van der Waals surface area (Å²) < 4.78 is 25.1. The molecule has 3 heterocycles. The van der Waals surface area contributed by atoms with Gasteiger partial charge in [-0.05, 0) is 186 Å². The molecule has 18 rings (SSSR count). The molecule has 0 saturated carbocycles. The van der Waals surface area contributed by atoms with Gasteiger partial charge in [-0.15, -0.1) is 11.3 Å². The number of thiophene rings is 1. The molecule has 0 bridgehead atoms. The molecule has 1 aliphatic carbocycles. The number of nitrogens with zero attached hydrogens (tertiary/aromatic N) is 1. The molecule has 1 aliphatic rings. The van der Waals surface area contributed by atoms with E-state index in [4.69, 9.17) is 4.42 Å². The van der Waals surface area contributed by atoms with E-state index in [2.05, 4.69) is 284 Å². The van der Waals surface area contributed by atoms with Crippen LogP contribution in [0, 0.1) is 47.4 Å². The van der Waals surface area contributed by atoms with Crippen molar-refractivity contribution in [3.05, 3.63) is 366 Å². The topological polar surface area (TPSA) is 18.1 Å². The van der Waals surface area contributed by atoms with Gasteiger partial charge in [0.15, 0.2) is 0 Å². The lowest BCUT2D eigenvalue weighted by molar-refractivity contribution is 0.619. The monoisotopic (exact) mass is 1250 g/mol. The molecule has 464 valence electrons. The molecule has 3 aromatic heterocycles. The highest BCUT2D eigenvalue weighted by atomic mass is 32.1. The molecule has 0 spiro atoms. The normalized spacial score (nSPS) is 11.7. The Bertz CT molecular complexity index is 5420. The van der Waals surface area contributed by atoms with Crippen LogP contribution in [0.4, 0.5) is 4.39 Å². The molecule has 0 fully saturated rings. The number of hydrogen-bond donors (Lipinski definition) is 0. The van der Waals surface area contributed by atoms with Crippen LogP contribution >= 0.6 is 11.3 Å². The van der Waals surface area contributed by atoms with Gasteiger partial charge in [0.1, 0.15) is 17.0 Å². The number of furan rings is 1. The predicted molar refractivity (Wildman–Crippen MR) is 407 cm³/mol. The van der Waals surface area contributed by atoms with E-state index in [9.17, 15) is 4.39 Å². The Morgan fingerprint density at radius 3 is 1.61 bits per heavy atom. The number of rotatable bonds is 3. The maximum Gasteiger partial charge on any atom is 0.135 e. The van der Waals surface area contributed by atoms with Gasteiger partial charge in [-0.1, -0.05) is 274 Å². The van der Waals surface area contributed by atoms with Gasteiger partial charge in [-0.3, -0.25) is 0 Å². The summed E-state index contributed by atoms with van der Waals surface area (Å²) >= 11 is 1.88. The van der Waals surface area contributed by atoms with Gasteiger partial charge in [-0.25, -0.2) is 4.39 Å². The van der Waals surface area contributed by atoms with Crippen LogP contribution in [0.5, 0.6) is 0 Å². The molecule has 17 aromatic rings. The zero-order valence-corrected chi connectivity index (χ0v) is 56.0. The maximum absolute atomic E-state index is 14.2. The van der Waals surface area contributed by atoms with Gasteiger partial charge < -0.3 is 8.98 Å². The molecule has 0 N–H and O–H groups in total. The predicted octanol–water partition coefficient (Wildman–Crippen LogP) is 26.3. The SMILES string of the molecule is Cc1c(F)cc(-c2ccccc2)cc1-c1ccccc1.Cc1ccc2c(c1)C(C)(C)c1ccccc1-2.Cc1ccc2c(c1)c1ccccc1n2-c1ccccc1.Cc1ccc2c(c1)oc1ccccc12.Cc1ccc2c(c1)sc1ccccc12.Cc1cccc2ccccc12. The van der Waals surface area contributed by atoms with Crippen LogP contribution in [0.25, 0.3) is 114 Å². The molecule has 95 heavy (non-hydrogen) atoms. The van der Waals surface area contributed by atoms with Gasteiger partial charge in [0.25, 0.3) is 0 Å². The highest BCUT2D eigenvalue weighted by Gasteiger charge is 2.34. The highest BCUT2D eigenvalue weighted by molar-refractivity contribution is 7.25. The zero-order valence-electron chi connectivity index (χ0n) is 55.2. The lowest BCUT2D eigenvalue weighted by Gasteiger charge is -2.21. The number of para-hydroxylation sites is 3. The Labute approximate surface area is 561 Å². The zero-order chi connectivity index (χ0) is 65.6. The van der Waals surface area contributed by atoms with Crippen LogP contribution in [0.1, 0.15) is 58.4 Å². The molecule has 0 atom stereocenters. The van der Waals surface area contributed by atoms with E-state index in [1.54, 1.807) is 6.07 Å². The standard InChI is InChI=1S/C19H15F.C19H15N.C16H16.C13H10O.C13H10S.C11H10/c1-14-18(16-10-6-3-7-11-16)12-17(13-19(14)20)15-8-4-2-5-9-15;1-14-11-12-19-17(13-14)16-9-5-6-10-18(16)20(19)15-7-3-2-4-8-15;1-11-8-9-13-12-6-4-5-7-14(12)16(2,3)15(13)10-11;2*1-9-6-7-11-10-4-2-3-5-12(10)14-13(11)8-9;1-9-5-4-7-10-6-2-3-8-11(9)10/h2*2-13H,1H3;4-10H,1-3H3;2*2-8H,1H3;2-8H,1H3. The van der Waals surface area contributed by atoms with E-state index in [1.165, 1.54) is 119 Å². The lowest BCUT2D eigenvalue weighted by Crippen LogP contribution is -2.14. The van der Waals surface area contributed by atoms with Crippen molar-refractivity contribution in [3.8, 4) is 39.1 Å². The molecule has 2 nitrogen and oxygen atoms in total. The summed E-state index contributed by atoms with van der Waals surface area (Å²) in [6.45, 7) is 17.1. The molecule has 14 aromatic carbocycles. The summed E-state index contributed by atoms with van der Waals surface area (Å²) in [5.74, 6) is -0.162. The smallest absolute Gasteiger partial charge is 0.135 e. The van der Waals surface area contributed by atoms with Gasteiger partial charge in [0.2, 0.25) is 0 Å². The molecule has 0 aliphatic heterocycles. The third-order valence-corrected chi connectivity index (χ3v) is 19.3. The minimum absolute atomic E-state index is 0.151. The van der Waals surface area contributed by atoms with Crippen LogP contribution in [-0.2, 0) is 5.41 Å². The van der Waals surface area contributed by atoms with E-state index in [0.717, 1.165) is 33.4 Å². The Hall–Kier alpha value is -10.9. The summed E-state index contributed by atoms with van der Waals surface area (Å²) in [4.78, 5) is 0. The summed E-state index contributed by atoms with van der Waals surface area (Å²) in [6.07, 6.45) is 0. The molecule has 4 heteroatoms. The van der Waals surface area contributed by atoms with Crippen molar-refractivity contribution in [2.75, 3.05) is 0 Å². The van der Waals surface area contributed by atoms with E-state index in [1.807, 2.05) is 97.1 Å². The molecule has 0 amide bonds. The van der Waals surface area contributed by atoms with Crippen LogP contribution in [0.3, 0.4) is 0 Å². The van der Waals surface area contributed by atoms with Crippen molar-refractivity contribution >= 4 is 86.0 Å². The van der Waals surface area contributed by atoms with Crippen LogP contribution in [0.15, 0.2) is 320 Å². The fraction of sp³-hybridized carbons (Fsp3) is 0.0989. The van der Waals surface area contributed by atoms with Crippen LogP contribution in [0.2, 0.25) is 0 Å². The minimum Gasteiger partial charge on any atom is -0.456 e. The Kier molecular flexibility index (Phi) is 18.4. The Morgan fingerprint density at radius 2 is 0.853 bits per heavy atom. The van der Waals surface area contributed by atoms with Crippen molar-refractivity contribution in [1.29, 1.82) is 0 Å². The second-order valence-electron chi connectivity index (χ2n) is 25.3. The van der Waals surface area contributed by atoms with Crippen molar-refractivity contribution in [3.63, 3.8) is 0 Å². The number of halogens is 1. The number of hydrogen-bond acceptors (Lipinski definition) is 2. The van der Waals surface area contributed by atoms with Gasteiger partial charge in [0.05, 0.1) is 11.0 Å². The van der Waals surface area contributed by atoms with E-state index >= 15 is 0 Å². The number of benzene rings is 14. The second-order valence-corrected chi connectivity index (χ2v) is 26.4. The number of fused-ring (bicyclic) bond motifs is 13. The quantitative estimate of drug-likeness (QED) is 0.172. The van der Waals surface area contributed by atoms with Gasteiger partial charge in [-0.2, -0.15) is 0 Å². The van der Waals surface area contributed by atoms with Crippen molar-refractivity contribution in [1.82, 2.24) is 4.57 Å². The minimum atomic E-state index is -0.162. The Balaban J connectivity index is 0.000000104. The summed E-state index contributed by atoms with van der Waals surface area (Å²) in [5, 5.41) is 10.5. The highest BCUT2D eigenvalue weighted by Crippen LogP contribution is 2.48. The molecular formula is C91H76FNOS. The van der Waals surface area contributed by atoms with Crippen molar-refractivity contribution < 1.29 is 8.81 Å². The third kappa shape index (κ3) is 13.4. The fourth-order valence-corrected chi connectivity index (χ4v) is 14.4. The largest absolute Gasteiger partial charge is 0.456 e. The summed E-state index contributed by atoms with van der Waals surface area (Å²) in [7, 11) is 0. The second kappa shape index (κ2) is 27.7. The number of aromatic nitrogens is 1. The van der Waals surface area contributed by atoms with Crippen molar-refractivity contribution in [2.24, 2.45) is 0 Å². The Morgan fingerprint density at radius 1 is 0.326 bits per heavy atom. The third-order valence-electron chi connectivity index (χ3n) is 18.2. The number of aryl methyl sites for hydroxylation is 5. The average molecular weight is 1250 g/mol. The summed E-state index contributed by atoms with van der Waals surface area (Å²) in [6, 6.07) is 109. The molecule has 0 radical (unpaired) electrons. The first kappa shape index (κ1) is 62.9. The van der Waals surface area contributed by atoms with Gasteiger partial charge >= 0.3 is 0 Å². The van der Waals surface area contributed by atoms with E-state index < -0.39 is 0 Å². The van der Waals surface area contributed by atoms with E-state index in [0.29, 0.717) is 5.56 Å². The van der Waals surface area contributed by atoms with Crippen LogP contribution in [-0.4, -0.2) is 4.57 Å². The first-order valence-electron chi connectivity index (χ1n) is 32.6. The lowest BCUT2D eigenvalue weighted by atomic mass is 9.82. The molecule has 0 saturated heterocycles. The van der Waals surface area contributed by atoms with Gasteiger partial charge in [0, 0.05) is 52.8 Å². The first-order valence-corrected chi connectivity index (χ1v) is 33.5. The average Bonchev–Trinajstić information content (AvgIpc) is 1.63. The fourth-order valence-electron chi connectivity index (χ4n) is 13.2. The van der Waals surface area contributed by atoms with E-state index in [-0.39, 0.29) is 11.2 Å². The molecule has 0 unspecified atom stereocenters. The first-order chi connectivity index (χ1) is 46.3.